The molecule has 0 aliphatic carbocycles. The molecular formula is C13H19NO. The molecular weight excluding hydrogens is 186 g/mol. The van der Waals surface area contributed by atoms with Crippen LogP contribution < -0.4 is 5.32 Å². The van der Waals surface area contributed by atoms with Crippen molar-refractivity contribution in [3.63, 3.8) is 0 Å². The summed E-state index contributed by atoms with van der Waals surface area (Å²) in [6, 6.07) is 0. The van der Waals surface area contributed by atoms with Crippen molar-refractivity contribution < 1.29 is 4.79 Å². The average Bonchev–Trinajstić information content (AvgIpc) is 2.22. The quantitative estimate of drug-likeness (QED) is 0.675. The molecule has 2 heteroatoms. The molecule has 0 saturated heterocycles. The fraction of sp³-hybridized carbons (Fsp3) is 0.308. The van der Waals surface area contributed by atoms with Gasteiger partial charge in [0.1, 0.15) is 5.78 Å². The van der Waals surface area contributed by atoms with Crippen molar-refractivity contribution >= 4 is 5.78 Å². The predicted molar refractivity (Wildman–Crippen MR) is 65.5 cm³/mol. The fourth-order valence-corrected chi connectivity index (χ4v) is 1.10. The molecule has 0 amide bonds. The summed E-state index contributed by atoms with van der Waals surface area (Å²) in [5.41, 5.74) is 2.02. The Labute approximate surface area is 92.1 Å². The molecule has 0 aliphatic rings. The molecule has 0 heterocycles. The lowest BCUT2D eigenvalue weighted by Crippen LogP contribution is -2.21. The highest BCUT2D eigenvalue weighted by Gasteiger charge is 2.00. The number of allylic oxidation sites excluding steroid dienone is 5. The van der Waals surface area contributed by atoms with Crippen LogP contribution in [0.25, 0.3) is 0 Å². The van der Waals surface area contributed by atoms with Gasteiger partial charge < -0.3 is 5.32 Å². The molecule has 0 unspecified atom stereocenters. The second-order valence-electron chi connectivity index (χ2n) is 3.10. The lowest BCUT2D eigenvalue weighted by atomic mass is 10.1. The van der Waals surface area contributed by atoms with Gasteiger partial charge in [-0.05, 0) is 26.3 Å². The van der Waals surface area contributed by atoms with E-state index in [0.29, 0.717) is 6.54 Å². The van der Waals surface area contributed by atoms with E-state index in [1.54, 1.807) is 13.0 Å². The Hall–Kier alpha value is -1.57. The first-order valence-electron chi connectivity index (χ1n) is 5.01. The van der Waals surface area contributed by atoms with Crippen LogP contribution in [0.15, 0.2) is 48.2 Å². The number of carbonyl (C=O) groups excluding carboxylic acids is 1. The van der Waals surface area contributed by atoms with Crippen LogP contribution in [0.5, 0.6) is 0 Å². The third-order valence-electron chi connectivity index (χ3n) is 1.85. The number of carbonyl (C=O) groups is 1. The summed E-state index contributed by atoms with van der Waals surface area (Å²) < 4.78 is 0. The number of ketones is 1. The zero-order chi connectivity index (χ0) is 11.7. The van der Waals surface area contributed by atoms with E-state index in [2.05, 4.69) is 11.9 Å². The lowest BCUT2D eigenvalue weighted by molar-refractivity contribution is -0.116. The Morgan fingerprint density at radius 1 is 1.33 bits per heavy atom. The SMILES string of the molecule is C=C\C=C/C(=C\C)C(=C/C)/NCC(C)=O. The molecule has 0 aliphatic heterocycles. The number of nitrogens with one attached hydrogen (secondary N) is 1. The van der Waals surface area contributed by atoms with Gasteiger partial charge in [-0.25, -0.2) is 0 Å². The van der Waals surface area contributed by atoms with Crippen molar-refractivity contribution in [2.45, 2.75) is 20.8 Å². The molecule has 15 heavy (non-hydrogen) atoms. The second-order valence-corrected chi connectivity index (χ2v) is 3.10. The monoisotopic (exact) mass is 205 g/mol. The van der Waals surface area contributed by atoms with Gasteiger partial charge in [0.25, 0.3) is 0 Å². The maximum atomic E-state index is 10.8. The van der Waals surface area contributed by atoms with Crippen molar-refractivity contribution in [2.75, 3.05) is 6.54 Å². The minimum absolute atomic E-state index is 0.123. The Morgan fingerprint density at radius 3 is 2.40 bits per heavy atom. The lowest BCUT2D eigenvalue weighted by Gasteiger charge is -2.09. The number of rotatable bonds is 6. The third kappa shape index (κ3) is 5.68. The largest absolute Gasteiger partial charge is 0.378 e. The summed E-state index contributed by atoms with van der Waals surface area (Å²) in [4.78, 5) is 10.8. The molecule has 0 saturated carbocycles. The number of Topliss-reactive ketones (excluding diaryl/α,β-unsaturated/α-hetero) is 1. The topological polar surface area (TPSA) is 29.1 Å². The molecule has 0 aromatic carbocycles. The van der Waals surface area contributed by atoms with Crippen LogP contribution in [0.2, 0.25) is 0 Å². The standard InChI is InChI=1S/C13H19NO/c1-5-8-9-12(6-2)13(7-3)14-10-11(4)15/h5-9,14H,1,10H2,2-4H3/b9-8-,12-6+,13-7-. The van der Waals surface area contributed by atoms with Crippen molar-refractivity contribution in [1.29, 1.82) is 0 Å². The van der Waals surface area contributed by atoms with Gasteiger partial charge in [0.05, 0.1) is 6.54 Å². The number of hydrogen-bond acceptors (Lipinski definition) is 2. The highest BCUT2D eigenvalue weighted by atomic mass is 16.1. The molecule has 0 rings (SSSR count). The van der Waals surface area contributed by atoms with Gasteiger partial charge in [-0.1, -0.05) is 37.0 Å². The molecule has 0 spiro atoms. The zero-order valence-corrected chi connectivity index (χ0v) is 9.71. The molecule has 0 radical (unpaired) electrons. The van der Waals surface area contributed by atoms with Crippen molar-refractivity contribution in [2.24, 2.45) is 0 Å². The van der Waals surface area contributed by atoms with Crippen LogP contribution in [0, 0.1) is 0 Å². The first kappa shape index (κ1) is 13.4. The highest BCUT2D eigenvalue weighted by Crippen LogP contribution is 2.08. The summed E-state index contributed by atoms with van der Waals surface area (Å²) in [5, 5.41) is 3.09. The fourth-order valence-electron chi connectivity index (χ4n) is 1.10. The first-order valence-corrected chi connectivity index (χ1v) is 5.01. The Morgan fingerprint density at radius 2 is 2.00 bits per heavy atom. The van der Waals surface area contributed by atoms with E-state index in [1.165, 1.54) is 0 Å². The van der Waals surface area contributed by atoms with E-state index in [4.69, 9.17) is 0 Å². The maximum absolute atomic E-state index is 10.8. The maximum Gasteiger partial charge on any atom is 0.148 e. The molecule has 0 fully saturated rings. The van der Waals surface area contributed by atoms with Gasteiger partial charge in [0, 0.05) is 5.70 Å². The summed E-state index contributed by atoms with van der Waals surface area (Å²) in [5.74, 6) is 0.123. The van der Waals surface area contributed by atoms with Crippen LogP contribution in [-0.2, 0) is 4.79 Å². The smallest absolute Gasteiger partial charge is 0.148 e. The molecule has 1 N–H and O–H groups in total. The minimum Gasteiger partial charge on any atom is -0.378 e. The molecule has 2 nitrogen and oxygen atoms in total. The summed E-state index contributed by atoms with van der Waals surface area (Å²) in [7, 11) is 0. The van der Waals surface area contributed by atoms with Crippen molar-refractivity contribution in [3.8, 4) is 0 Å². The predicted octanol–water partition coefficient (Wildman–Crippen LogP) is 2.76. The molecule has 0 atom stereocenters. The van der Waals surface area contributed by atoms with Gasteiger partial charge in [-0.2, -0.15) is 0 Å². The first-order chi connectivity index (χ1) is 7.15. The summed E-state index contributed by atoms with van der Waals surface area (Å²) in [6.07, 6.45) is 9.49. The Balaban J connectivity index is 4.57. The van der Waals surface area contributed by atoms with Crippen LogP contribution in [0.1, 0.15) is 20.8 Å². The summed E-state index contributed by atoms with van der Waals surface area (Å²) >= 11 is 0. The average molecular weight is 205 g/mol. The number of hydrogen-bond donors (Lipinski definition) is 1. The van der Waals surface area contributed by atoms with Gasteiger partial charge in [-0.15, -0.1) is 0 Å². The van der Waals surface area contributed by atoms with E-state index >= 15 is 0 Å². The van der Waals surface area contributed by atoms with E-state index in [-0.39, 0.29) is 5.78 Å². The highest BCUT2D eigenvalue weighted by molar-refractivity contribution is 5.78. The summed E-state index contributed by atoms with van der Waals surface area (Å²) in [6.45, 7) is 9.44. The van der Waals surface area contributed by atoms with E-state index < -0.39 is 0 Å². The van der Waals surface area contributed by atoms with Crippen LogP contribution in [0.3, 0.4) is 0 Å². The molecule has 0 aromatic heterocycles. The van der Waals surface area contributed by atoms with E-state index in [9.17, 15) is 4.79 Å². The normalized spacial score (nSPS) is 13.0. The van der Waals surface area contributed by atoms with Crippen LogP contribution >= 0.6 is 0 Å². The van der Waals surface area contributed by atoms with E-state index in [0.717, 1.165) is 11.3 Å². The van der Waals surface area contributed by atoms with Crippen LogP contribution in [-0.4, -0.2) is 12.3 Å². The van der Waals surface area contributed by atoms with E-state index in [1.807, 2.05) is 38.2 Å². The zero-order valence-electron chi connectivity index (χ0n) is 9.71. The van der Waals surface area contributed by atoms with Gasteiger partial charge in [0.15, 0.2) is 0 Å². The third-order valence-corrected chi connectivity index (χ3v) is 1.85. The van der Waals surface area contributed by atoms with Gasteiger partial charge in [-0.3, -0.25) is 4.79 Å². The van der Waals surface area contributed by atoms with Crippen molar-refractivity contribution in [3.05, 3.63) is 48.2 Å². The Bertz CT molecular complexity index is 308. The molecule has 0 aromatic rings. The minimum atomic E-state index is 0.123. The van der Waals surface area contributed by atoms with Crippen LogP contribution in [0.4, 0.5) is 0 Å². The van der Waals surface area contributed by atoms with Gasteiger partial charge in [0.2, 0.25) is 0 Å². The Kier molecular flexibility index (Phi) is 6.98. The van der Waals surface area contributed by atoms with Gasteiger partial charge >= 0.3 is 0 Å². The second kappa shape index (κ2) is 7.80. The molecule has 82 valence electrons. The molecule has 0 bridgehead atoms. The van der Waals surface area contributed by atoms with Crippen molar-refractivity contribution in [1.82, 2.24) is 5.32 Å².